The zero-order valence-corrected chi connectivity index (χ0v) is 17.0. The van der Waals surface area contributed by atoms with Gasteiger partial charge in [-0.05, 0) is 57.5 Å². The molecule has 2 aromatic rings. The molecule has 2 aromatic carbocycles. The number of nitrogens with one attached hydrogen (secondary N) is 1. The summed E-state index contributed by atoms with van der Waals surface area (Å²) in [7, 11) is 4.32. The molecule has 0 radical (unpaired) electrons. The van der Waals surface area contributed by atoms with Crippen LogP contribution in [-0.4, -0.2) is 43.9 Å². The number of amides is 2. The number of carbonyl (C=O) groups excluding carboxylic acids is 1. The minimum atomic E-state index is -0.201. The molecule has 2 aliphatic heterocycles. The van der Waals surface area contributed by atoms with Gasteiger partial charge in [0.1, 0.15) is 0 Å². The Bertz CT molecular complexity index is 920. The van der Waals surface area contributed by atoms with Gasteiger partial charge in [-0.15, -0.1) is 0 Å². The molecule has 0 atom stereocenters. The molecule has 6 nitrogen and oxygen atoms in total. The molecule has 2 fully saturated rings. The summed E-state index contributed by atoms with van der Waals surface area (Å²) in [6, 6.07) is 16.4. The fraction of sp³-hybridized carbons (Fsp3) is 0.435. The monoisotopic (exact) mass is 393 g/mol. The summed E-state index contributed by atoms with van der Waals surface area (Å²) in [5.41, 5.74) is 1.96. The van der Waals surface area contributed by atoms with E-state index in [1.807, 2.05) is 23.1 Å². The second-order valence-electron chi connectivity index (χ2n) is 8.60. The molecule has 0 unspecified atom stereocenters. The molecule has 0 bridgehead atoms. The quantitative estimate of drug-likeness (QED) is 0.864. The van der Waals surface area contributed by atoms with Crippen molar-refractivity contribution in [2.75, 3.05) is 32.3 Å². The lowest BCUT2D eigenvalue weighted by Crippen LogP contribution is -2.54. The van der Waals surface area contributed by atoms with Crippen LogP contribution >= 0.6 is 0 Å². The maximum atomic E-state index is 12.9. The minimum absolute atomic E-state index is 0.00953. The van der Waals surface area contributed by atoms with Crippen LogP contribution in [0.4, 0.5) is 10.5 Å². The number of hydrogen-bond donors (Lipinski definition) is 1. The van der Waals surface area contributed by atoms with E-state index in [1.54, 1.807) is 0 Å². The number of nitrogens with zero attached hydrogens (tertiary/aromatic N) is 2. The smallest absolute Gasteiger partial charge is 0.322 e. The van der Waals surface area contributed by atoms with Crippen molar-refractivity contribution in [3.05, 3.63) is 54.1 Å². The molecule has 5 rings (SSSR count). The van der Waals surface area contributed by atoms with E-state index >= 15 is 0 Å². The third kappa shape index (κ3) is 2.85. The highest BCUT2D eigenvalue weighted by atomic mass is 16.7. The Morgan fingerprint density at radius 3 is 2.45 bits per heavy atom. The van der Waals surface area contributed by atoms with Crippen molar-refractivity contribution in [3.8, 4) is 11.5 Å². The van der Waals surface area contributed by atoms with Gasteiger partial charge in [0.2, 0.25) is 6.79 Å². The van der Waals surface area contributed by atoms with Gasteiger partial charge in [0.25, 0.3) is 0 Å². The van der Waals surface area contributed by atoms with Crippen LogP contribution in [0.3, 0.4) is 0 Å². The Balaban J connectivity index is 1.39. The lowest BCUT2D eigenvalue weighted by atomic mass is 9.69. The molecule has 6 heteroatoms. The standard InChI is InChI=1S/C23H27N3O3/c1-25(2)23(17-7-4-3-5-8-17)13-11-22(12-14-23)15-26(21(27)24-22)18-9-6-10-19-20(18)29-16-28-19/h3-10H,11-16H2,1-2H3,(H,24,27)/t22-,23+. The highest BCUT2D eigenvalue weighted by molar-refractivity contribution is 5.97. The fourth-order valence-electron chi connectivity index (χ4n) is 5.20. The molecule has 1 saturated carbocycles. The predicted octanol–water partition coefficient (Wildman–Crippen LogP) is 3.71. The lowest BCUT2D eigenvalue weighted by Gasteiger charge is -2.48. The first kappa shape index (κ1) is 18.3. The summed E-state index contributed by atoms with van der Waals surface area (Å²) >= 11 is 0. The first-order valence-corrected chi connectivity index (χ1v) is 10.2. The predicted molar refractivity (Wildman–Crippen MR) is 111 cm³/mol. The van der Waals surface area contributed by atoms with Crippen LogP contribution in [0.2, 0.25) is 0 Å². The average Bonchev–Trinajstić information content (AvgIpc) is 3.34. The van der Waals surface area contributed by atoms with Crippen LogP contribution in [0.25, 0.3) is 0 Å². The Kier molecular flexibility index (Phi) is 4.21. The van der Waals surface area contributed by atoms with E-state index in [1.165, 1.54) is 5.56 Å². The summed E-state index contributed by atoms with van der Waals surface area (Å²) in [6.45, 7) is 0.860. The third-order valence-electron chi connectivity index (χ3n) is 6.95. The van der Waals surface area contributed by atoms with Gasteiger partial charge in [-0.25, -0.2) is 4.79 Å². The van der Waals surface area contributed by atoms with Gasteiger partial charge in [-0.3, -0.25) is 9.80 Å². The van der Waals surface area contributed by atoms with Gasteiger partial charge < -0.3 is 14.8 Å². The molecule has 0 aromatic heterocycles. The SMILES string of the molecule is CN(C)[C@]1(c2ccccc2)CC[C@]2(CC1)CN(c1cccc3c1OCO3)C(=O)N2. The number of anilines is 1. The van der Waals surface area contributed by atoms with Crippen molar-refractivity contribution in [2.24, 2.45) is 0 Å². The Hall–Kier alpha value is -2.73. The second kappa shape index (κ2) is 6.66. The van der Waals surface area contributed by atoms with Gasteiger partial charge in [-0.1, -0.05) is 36.4 Å². The molecule has 1 saturated heterocycles. The van der Waals surface area contributed by atoms with Gasteiger partial charge in [0.05, 0.1) is 17.8 Å². The molecule has 3 aliphatic rings. The van der Waals surface area contributed by atoms with Crippen molar-refractivity contribution < 1.29 is 14.3 Å². The summed E-state index contributed by atoms with van der Waals surface area (Å²) in [5.74, 6) is 1.37. The Morgan fingerprint density at radius 2 is 1.72 bits per heavy atom. The van der Waals surface area contributed by atoms with Crippen molar-refractivity contribution in [3.63, 3.8) is 0 Å². The Labute approximate surface area is 171 Å². The number of carbonyl (C=O) groups is 1. The maximum absolute atomic E-state index is 12.9. The number of benzene rings is 2. The number of rotatable bonds is 3. The topological polar surface area (TPSA) is 54.0 Å². The van der Waals surface area contributed by atoms with Gasteiger partial charge >= 0.3 is 6.03 Å². The van der Waals surface area contributed by atoms with E-state index in [4.69, 9.17) is 9.47 Å². The largest absolute Gasteiger partial charge is 0.454 e. The summed E-state index contributed by atoms with van der Waals surface area (Å²) < 4.78 is 11.1. The highest BCUT2D eigenvalue weighted by Gasteiger charge is 2.50. The number of urea groups is 1. The molecular formula is C23H27N3O3. The van der Waals surface area contributed by atoms with Gasteiger partial charge in [0.15, 0.2) is 11.5 Å². The zero-order chi connectivity index (χ0) is 20.1. The van der Waals surface area contributed by atoms with Crippen molar-refractivity contribution in [1.82, 2.24) is 10.2 Å². The van der Waals surface area contributed by atoms with Crippen LogP contribution < -0.4 is 19.7 Å². The van der Waals surface area contributed by atoms with E-state index in [0.717, 1.165) is 31.4 Å². The number of para-hydroxylation sites is 1. The van der Waals surface area contributed by atoms with Crippen molar-refractivity contribution >= 4 is 11.7 Å². The van der Waals surface area contributed by atoms with Gasteiger partial charge in [0, 0.05) is 5.54 Å². The third-order valence-corrected chi connectivity index (χ3v) is 6.95. The molecule has 1 N–H and O–H groups in total. The lowest BCUT2D eigenvalue weighted by molar-refractivity contribution is 0.0657. The van der Waals surface area contributed by atoms with Crippen LogP contribution in [0.1, 0.15) is 31.2 Å². The van der Waals surface area contributed by atoms with Crippen molar-refractivity contribution in [1.29, 1.82) is 0 Å². The van der Waals surface area contributed by atoms with E-state index < -0.39 is 0 Å². The summed E-state index contributed by atoms with van der Waals surface area (Å²) in [6.07, 6.45) is 3.89. The van der Waals surface area contributed by atoms with Crippen molar-refractivity contribution in [2.45, 2.75) is 36.8 Å². The first-order valence-electron chi connectivity index (χ1n) is 10.2. The average molecular weight is 393 g/mol. The van der Waals surface area contributed by atoms with E-state index in [-0.39, 0.29) is 23.9 Å². The normalized spacial score (nSPS) is 28.2. The molecule has 1 spiro atoms. The van der Waals surface area contributed by atoms with Gasteiger partial charge in [-0.2, -0.15) is 0 Å². The number of ether oxygens (including phenoxy) is 2. The zero-order valence-electron chi connectivity index (χ0n) is 17.0. The van der Waals surface area contributed by atoms with Crippen LogP contribution in [0, 0.1) is 0 Å². The maximum Gasteiger partial charge on any atom is 0.322 e. The van der Waals surface area contributed by atoms with E-state index in [9.17, 15) is 4.79 Å². The fourth-order valence-corrected chi connectivity index (χ4v) is 5.20. The molecule has 1 aliphatic carbocycles. The molecule has 2 amide bonds. The van der Waals surface area contributed by atoms with Crippen LogP contribution in [0.5, 0.6) is 11.5 Å². The van der Waals surface area contributed by atoms with E-state index in [2.05, 4.69) is 54.6 Å². The number of hydrogen-bond acceptors (Lipinski definition) is 4. The van der Waals surface area contributed by atoms with Crippen LogP contribution in [-0.2, 0) is 5.54 Å². The van der Waals surface area contributed by atoms with Crippen LogP contribution in [0.15, 0.2) is 48.5 Å². The molecule has 29 heavy (non-hydrogen) atoms. The summed E-state index contributed by atoms with van der Waals surface area (Å²) in [5, 5.41) is 3.31. The Morgan fingerprint density at radius 1 is 0.966 bits per heavy atom. The molecule has 152 valence electrons. The minimum Gasteiger partial charge on any atom is -0.454 e. The number of fused-ring (bicyclic) bond motifs is 1. The molecular weight excluding hydrogens is 366 g/mol. The second-order valence-corrected chi connectivity index (χ2v) is 8.60. The molecule has 2 heterocycles. The highest BCUT2D eigenvalue weighted by Crippen LogP contribution is 2.48. The van der Waals surface area contributed by atoms with E-state index in [0.29, 0.717) is 18.0 Å². The first-order chi connectivity index (χ1) is 14.0. The summed E-state index contributed by atoms with van der Waals surface area (Å²) in [4.78, 5) is 17.1.